The third-order valence-corrected chi connectivity index (χ3v) is 5.24. The van der Waals surface area contributed by atoms with Crippen LogP contribution in [0.3, 0.4) is 0 Å². The average molecular weight is 375 g/mol. The molecule has 1 aliphatic rings. The Morgan fingerprint density at radius 3 is 2.29 bits per heavy atom. The second-order valence-electron chi connectivity index (χ2n) is 7.09. The van der Waals surface area contributed by atoms with E-state index in [2.05, 4.69) is 34.1 Å². The van der Waals surface area contributed by atoms with Gasteiger partial charge in [-0.3, -0.25) is 4.79 Å². The van der Waals surface area contributed by atoms with Crippen LogP contribution in [0.2, 0.25) is 0 Å². The van der Waals surface area contributed by atoms with Crippen LogP contribution >= 0.6 is 0 Å². The van der Waals surface area contributed by atoms with Crippen molar-refractivity contribution < 1.29 is 9.21 Å². The first-order valence-corrected chi connectivity index (χ1v) is 9.80. The van der Waals surface area contributed by atoms with Gasteiger partial charge in [0.15, 0.2) is 0 Å². The minimum absolute atomic E-state index is 0.191. The van der Waals surface area contributed by atoms with Crippen LogP contribution in [0.5, 0.6) is 0 Å². The molecule has 1 amide bonds. The van der Waals surface area contributed by atoms with E-state index in [1.54, 1.807) is 0 Å². The molecule has 1 aromatic heterocycles. The van der Waals surface area contributed by atoms with Crippen molar-refractivity contribution in [1.82, 2.24) is 9.88 Å². The molecule has 0 N–H and O–H groups in total. The molecule has 4 rings (SSSR count). The number of hydrogen-bond donors (Lipinski definition) is 0. The first-order valence-electron chi connectivity index (χ1n) is 9.80. The summed E-state index contributed by atoms with van der Waals surface area (Å²) in [5, 5.41) is 0. The van der Waals surface area contributed by atoms with Gasteiger partial charge >= 0.3 is 0 Å². The molecule has 0 radical (unpaired) electrons. The van der Waals surface area contributed by atoms with Crippen LogP contribution in [0.25, 0.3) is 11.5 Å². The molecule has 0 atom stereocenters. The summed E-state index contributed by atoms with van der Waals surface area (Å²) in [7, 11) is 0. The maximum absolute atomic E-state index is 12.7. The summed E-state index contributed by atoms with van der Waals surface area (Å²) in [6, 6.07) is 20.2. The zero-order valence-electron chi connectivity index (χ0n) is 16.2. The maximum Gasteiger partial charge on any atom is 0.226 e. The lowest BCUT2D eigenvalue weighted by Gasteiger charge is -2.36. The van der Waals surface area contributed by atoms with Crippen LogP contribution in [0, 0.1) is 6.92 Å². The van der Waals surface area contributed by atoms with Crippen LogP contribution < -0.4 is 4.90 Å². The first-order chi connectivity index (χ1) is 13.7. The fourth-order valence-electron chi connectivity index (χ4n) is 3.60. The van der Waals surface area contributed by atoms with Gasteiger partial charge in [-0.15, -0.1) is 0 Å². The minimum Gasteiger partial charge on any atom is -0.441 e. The molecule has 1 aliphatic heterocycles. The van der Waals surface area contributed by atoms with Gasteiger partial charge in [0.1, 0.15) is 5.76 Å². The molecule has 5 nitrogen and oxygen atoms in total. The van der Waals surface area contributed by atoms with E-state index in [0.29, 0.717) is 18.7 Å². The Morgan fingerprint density at radius 2 is 1.61 bits per heavy atom. The van der Waals surface area contributed by atoms with Gasteiger partial charge in [0.05, 0.1) is 5.69 Å². The lowest BCUT2D eigenvalue weighted by molar-refractivity contribution is -0.131. The number of para-hydroxylation sites is 1. The zero-order chi connectivity index (χ0) is 19.3. The SMILES string of the molecule is Cc1oc(-c2ccccc2)nc1CCC(=O)N1CCN(c2ccccc2)CC1. The molecular weight excluding hydrogens is 350 g/mol. The van der Waals surface area contributed by atoms with E-state index in [9.17, 15) is 4.79 Å². The van der Waals surface area contributed by atoms with E-state index in [-0.39, 0.29) is 5.91 Å². The summed E-state index contributed by atoms with van der Waals surface area (Å²) in [6.07, 6.45) is 1.08. The number of carbonyl (C=O) groups excluding carboxylic acids is 1. The monoisotopic (exact) mass is 375 g/mol. The highest BCUT2D eigenvalue weighted by atomic mass is 16.4. The number of oxazole rings is 1. The Bertz CT molecular complexity index is 914. The van der Waals surface area contributed by atoms with Gasteiger partial charge in [-0.25, -0.2) is 4.98 Å². The normalized spacial score (nSPS) is 14.3. The van der Waals surface area contributed by atoms with Crippen molar-refractivity contribution in [3.63, 3.8) is 0 Å². The maximum atomic E-state index is 12.7. The van der Waals surface area contributed by atoms with Crippen LogP contribution in [0.15, 0.2) is 65.1 Å². The highest BCUT2D eigenvalue weighted by Crippen LogP contribution is 2.22. The number of aromatic nitrogens is 1. The van der Waals surface area contributed by atoms with E-state index in [0.717, 1.165) is 43.2 Å². The van der Waals surface area contributed by atoms with Crippen molar-refractivity contribution in [2.24, 2.45) is 0 Å². The fraction of sp³-hybridized carbons (Fsp3) is 0.304. The van der Waals surface area contributed by atoms with Gasteiger partial charge < -0.3 is 14.2 Å². The van der Waals surface area contributed by atoms with Gasteiger partial charge in [-0.05, 0) is 31.2 Å². The smallest absolute Gasteiger partial charge is 0.226 e. The summed E-state index contributed by atoms with van der Waals surface area (Å²) in [4.78, 5) is 21.6. The number of amides is 1. The Morgan fingerprint density at radius 1 is 0.964 bits per heavy atom. The number of nitrogens with zero attached hydrogens (tertiary/aromatic N) is 3. The van der Waals surface area contributed by atoms with E-state index in [1.165, 1.54) is 5.69 Å². The van der Waals surface area contributed by atoms with E-state index in [1.807, 2.05) is 48.2 Å². The van der Waals surface area contributed by atoms with Gasteiger partial charge in [0.25, 0.3) is 0 Å². The Labute approximate surface area is 165 Å². The molecule has 2 aromatic carbocycles. The second kappa shape index (κ2) is 8.30. The molecule has 0 bridgehead atoms. The Hall–Kier alpha value is -3.08. The zero-order valence-corrected chi connectivity index (χ0v) is 16.2. The fourth-order valence-corrected chi connectivity index (χ4v) is 3.60. The Kier molecular flexibility index (Phi) is 5.42. The lowest BCUT2D eigenvalue weighted by atomic mass is 10.1. The summed E-state index contributed by atoms with van der Waals surface area (Å²) >= 11 is 0. The molecule has 0 saturated carbocycles. The van der Waals surface area contributed by atoms with Crippen molar-refractivity contribution in [1.29, 1.82) is 0 Å². The molecule has 0 aliphatic carbocycles. The van der Waals surface area contributed by atoms with Gasteiger partial charge in [0, 0.05) is 50.3 Å². The van der Waals surface area contributed by atoms with E-state index < -0.39 is 0 Å². The van der Waals surface area contributed by atoms with Crippen molar-refractivity contribution in [3.05, 3.63) is 72.1 Å². The van der Waals surface area contributed by atoms with Crippen molar-refractivity contribution in [3.8, 4) is 11.5 Å². The third kappa shape index (κ3) is 4.09. The first kappa shape index (κ1) is 18.3. The quantitative estimate of drug-likeness (QED) is 0.678. The molecule has 5 heteroatoms. The van der Waals surface area contributed by atoms with Gasteiger partial charge in [-0.1, -0.05) is 36.4 Å². The summed E-state index contributed by atoms with van der Waals surface area (Å²) in [5.41, 5.74) is 3.05. The highest BCUT2D eigenvalue weighted by Gasteiger charge is 2.22. The van der Waals surface area contributed by atoms with Crippen LogP contribution in [-0.4, -0.2) is 42.0 Å². The topological polar surface area (TPSA) is 49.6 Å². The van der Waals surface area contributed by atoms with Crippen molar-refractivity contribution >= 4 is 11.6 Å². The third-order valence-electron chi connectivity index (χ3n) is 5.24. The molecule has 28 heavy (non-hydrogen) atoms. The Balaban J connectivity index is 1.31. The molecule has 144 valence electrons. The van der Waals surface area contributed by atoms with E-state index >= 15 is 0 Å². The number of anilines is 1. The predicted molar refractivity (Wildman–Crippen MR) is 110 cm³/mol. The number of rotatable bonds is 5. The largest absolute Gasteiger partial charge is 0.441 e. The van der Waals surface area contributed by atoms with Gasteiger partial charge in [0.2, 0.25) is 11.8 Å². The number of benzene rings is 2. The summed E-state index contributed by atoms with van der Waals surface area (Å²) in [6.45, 7) is 5.19. The van der Waals surface area contributed by atoms with Crippen LogP contribution in [-0.2, 0) is 11.2 Å². The number of aryl methyl sites for hydroxylation is 2. The molecule has 2 heterocycles. The lowest BCUT2D eigenvalue weighted by Crippen LogP contribution is -2.48. The van der Waals surface area contributed by atoms with Gasteiger partial charge in [-0.2, -0.15) is 0 Å². The highest BCUT2D eigenvalue weighted by molar-refractivity contribution is 5.76. The molecule has 3 aromatic rings. The average Bonchev–Trinajstić information content (AvgIpc) is 3.14. The second-order valence-corrected chi connectivity index (χ2v) is 7.09. The van der Waals surface area contributed by atoms with Crippen molar-refractivity contribution in [2.45, 2.75) is 19.8 Å². The van der Waals surface area contributed by atoms with Crippen LogP contribution in [0.4, 0.5) is 5.69 Å². The molecule has 1 fully saturated rings. The number of piperazine rings is 1. The van der Waals surface area contributed by atoms with Crippen molar-refractivity contribution in [2.75, 3.05) is 31.1 Å². The molecule has 0 unspecified atom stereocenters. The standard InChI is InChI=1S/C23H25N3O2/c1-18-21(24-23(28-18)19-8-4-2-5-9-19)12-13-22(27)26-16-14-25(15-17-26)20-10-6-3-7-11-20/h2-11H,12-17H2,1H3. The van der Waals surface area contributed by atoms with Crippen LogP contribution in [0.1, 0.15) is 17.9 Å². The number of hydrogen-bond acceptors (Lipinski definition) is 4. The minimum atomic E-state index is 0.191. The predicted octanol–water partition coefficient (Wildman–Crippen LogP) is 3.93. The molecule has 1 saturated heterocycles. The molecule has 0 spiro atoms. The number of carbonyl (C=O) groups is 1. The van der Waals surface area contributed by atoms with E-state index in [4.69, 9.17) is 4.42 Å². The molecular formula is C23H25N3O2. The summed E-state index contributed by atoms with van der Waals surface area (Å²) in [5.74, 6) is 1.61. The summed E-state index contributed by atoms with van der Waals surface area (Å²) < 4.78 is 5.80.